The number of ketones is 1. The van der Waals surface area contributed by atoms with Gasteiger partial charge in [-0.1, -0.05) is 36.4 Å². The average Bonchev–Trinajstić information content (AvgIpc) is 3.59. The second-order valence-corrected chi connectivity index (χ2v) is 7.16. The maximum atomic E-state index is 13.9. The number of carbonyl (C=O) groups excluding carboxylic acids is 1. The Morgan fingerprint density at radius 3 is 2.60 bits per heavy atom. The van der Waals surface area contributed by atoms with Gasteiger partial charge < -0.3 is 18.9 Å². The van der Waals surface area contributed by atoms with Gasteiger partial charge in [0.1, 0.15) is 37.5 Å². The highest BCUT2D eigenvalue weighted by Gasteiger charge is 2.47. The van der Waals surface area contributed by atoms with E-state index in [9.17, 15) is 9.18 Å². The SMILES string of the molecule is O=C(c1cc(F)ccc1OCc1ccccc1)C1OC1c1ccc2c(c1)OCCO2. The number of benzene rings is 3. The van der Waals surface area contributed by atoms with Crippen LogP contribution in [-0.2, 0) is 11.3 Å². The van der Waals surface area contributed by atoms with Crippen LogP contribution < -0.4 is 14.2 Å². The largest absolute Gasteiger partial charge is 0.488 e. The number of hydrogen-bond donors (Lipinski definition) is 0. The van der Waals surface area contributed by atoms with Gasteiger partial charge in [0.15, 0.2) is 23.4 Å². The normalized spacial score (nSPS) is 19.2. The predicted molar refractivity (Wildman–Crippen MR) is 107 cm³/mol. The van der Waals surface area contributed by atoms with Gasteiger partial charge in [-0.3, -0.25) is 4.79 Å². The second kappa shape index (κ2) is 7.80. The Kier molecular flexibility index (Phi) is 4.85. The van der Waals surface area contributed by atoms with Crippen molar-refractivity contribution in [2.75, 3.05) is 13.2 Å². The number of hydrogen-bond acceptors (Lipinski definition) is 5. The Labute approximate surface area is 173 Å². The standard InChI is InChI=1S/C24H19FO5/c25-17-7-9-19(29-14-15-4-2-1-3-5-15)18(13-17)22(26)24-23(30-24)16-6-8-20-21(12-16)28-11-10-27-20/h1-9,12-13,23-24H,10-11,14H2. The molecule has 0 saturated carbocycles. The minimum Gasteiger partial charge on any atom is -0.488 e. The van der Waals surface area contributed by atoms with Gasteiger partial charge >= 0.3 is 0 Å². The first-order valence-electron chi connectivity index (χ1n) is 9.74. The summed E-state index contributed by atoms with van der Waals surface area (Å²) in [5, 5.41) is 0. The zero-order valence-electron chi connectivity index (χ0n) is 16.0. The van der Waals surface area contributed by atoms with Crippen molar-refractivity contribution in [3.8, 4) is 17.2 Å². The summed E-state index contributed by atoms with van der Waals surface area (Å²) >= 11 is 0. The Bertz CT molecular complexity index is 1080. The molecule has 152 valence electrons. The molecule has 5 nitrogen and oxygen atoms in total. The van der Waals surface area contributed by atoms with Gasteiger partial charge in [-0.2, -0.15) is 0 Å². The summed E-state index contributed by atoms with van der Waals surface area (Å²) < 4.78 is 36.5. The van der Waals surface area contributed by atoms with Gasteiger partial charge in [-0.25, -0.2) is 4.39 Å². The smallest absolute Gasteiger partial charge is 0.198 e. The van der Waals surface area contributed by atoms with Crippen LogP contribution >= 0.6 is 0 Å². The molecule has 3 aromatic carbocycles. The van der Waals surface area contributed by atoms with E-state index in [1.165, 1.54) is 18.2 Å². The van der Waals surface area contributed by atoms with E-state index in [-0.39, 0.29) is 18.0 Å². The summed E-state index contributed by atoms with van der Waals surface area (Å²) in [5.41, 5.74) is 1.95. The van der Waals surface area contributed by atoms with Crippen molar-refractivity contribution in [3.05, 3.63) is 89.2 Å². The molecule has 3 aromatic rings. The van der Waals surface area contributed by atoms with Crippen LogP contribution in [0.5, 0.6) is 17.2 Å². The van der Waals surface area contributed by atoms with E-state index in [0.717, 1.165) is 11.1 Å². The van der Waals surface area contributed by atoms with Gasteiger partial charge in [-0.15, -0.1) is 0 Å². The van der Waals surface area contributed by atoms with E-state index >= 15 is 0 Å². The van der Waals surface area contributed by atoms with Crippen molar-refractivity contribution in [2.24, 2.45) is 0 Å². The summed E-state index contributed by atoms with van der Waals surface area (Å²) in [6.07, 6.45) is -1.09. The molecule has 30 heavy (non-hydrogen) atoms. The topological polar surface area (TPSA) is 57.3 Å². The molecule has 0 spiro atoms. The molecule has 0 aromatic heterocycles. The van der Waals surface area contributed by atoms with Crippen molar-refractivity contribution in [3.63, 3.8) is 0 Å². The van der Waals surface area contributed by atoms with Crippen LogP contribution in [0, 0.1) is 5.82 Å². The summed E-state index contributed by atoms with van der Waals surface area (Å²) in [5.74, 6) is 0.842. The maximum Gasteiger partial charge on any atom is 0.198 e. The Hall–Kier alpha value is -3.38. The van der Waals surface area contributed by atoms with Crippen molar-refractivity contribution in [1.82, 2.24) is 0 Å². The second-order valence-electron chi connectivity index (χ2n) is 7.16. The molecular formula is C24H19FO5. The fourth-order valence-corrected chi connectivity index (χ4v) is 3.51. The lowest BCUT2D eigenvalue weighted by atomic mass is 10.0. The molecule has 0 amide bonds. The van der Waals surface area contributed by atoms with E-state index in [2.05, 4.69) is 0 Å². The molecule has 2 unspecified atom stereocenters. The van der Waals surface area contributed by atoms with Crippen LogP contribution in [0.2, 0.25) is 0 Å². The Morgan fingerprint density at radius 1 is 0.967 bits per heavy atom. The van der Waals surface area contributed by atoms with Crippen LogP contribution in [0.3, 0.4) is 0 Å². The maximum absolute atomic E-state index is 13.9. The highest BCUT2D eigenvalue weighted by atomic mass is 19.1. The van der Waals surface area contributed by atoms with Crippen LogP contribution in [0.15, 0.2) is 66.7 Å². The number of ether oxygens (including phenoxy) is 4. The van der Waals surface area contributed by atoms with Crippen LogP contribution in [0.1, 0.15) is 27.6 Å². The highest BCUT2D eigenvalue weighted by molar-refractivity contribution is 6.03. The number of carbonyl (C=O) groups is 1. The van der Waals surface area contributed by atoms with E-state index in [4.69, 9.17) is 18.9 Å². The molecule has 0 radical (unpaired) electrons. The molecule has 2 aliphatic heterocycles. The lowest BCUT2D eigenvalue weighted by Crippen LogP contribution is -2.15. The predicted octanol–water partition coefficient (Wildman–Crippen LogP) is 4.50. The lowest BCUT2D eigenvalue weighted by molar-refractivity contribution is 0.0948. The van der Waals surface area contributed by atoms with Gasteiger partial charge in [-0.05, 0) is 41.5 Å². The quantitative estimate of drug-likeness (QED) is 0.446. The molecule has 2 heterocycles. The first-order valence-corrected chi connectivity index (χ1v) is 9.74. The van der Waals surface area contributed by atoms with E-state index in [1.807, 2.05) is 48.5 Å². The summed E-state index contributed by atoms with van der Waals surface area (Å²) in [6, 6.07) is 19.0. The lowest BCUT2D eigenvalue weighted by Gasteiger charge is -2.18. The van der Waals surface area contributed by atoms with Crippen LogP contribution in [-0.4, -0.2) is 25.1 Å². The van der Waals surface area contributed by atoms with E-state index < -0.39 is 18.0 Å². The van der Waals surface area contributed by atoms with Crippen molar-refractivity contribution < 1.29 is 28.1 Å². The third-order valence-electron chi connectivity index (χ3n) is 5.09. The van der Waals surface area contributed by atoms with Gasteiger partial charge in [0, 0.05) is 0 Å². The number of fused-ring (bicyclic) bond motifs is 1. The molecule has 1 saturated heterocycles. The Balaban J connectivity index is 1.33. The van der Waals surface area contributed by atoms with Crippen LogP contribution in [0.25, 0.3) is 0 Å². The summed E-state index contributed by atoms with van der Waals surface area (Å²) in [7, 11) is 0. The fourth-order valence-electron chi connectivity index (χ4n) is 3.51. The summed E-state index contributed by atoms with van der Waals surface area (Å²) in [4.78, 5) is 13.0. The molecule has 0 bridgehead atoms. The van der Waals surface area contributed by atoms with E-state index in [1.54, 1.807) is 0 Å². The average molecular weight is 406 g/mol. The van der Waals surface area contributed by atoms with Crippen molar-refractivity contribution in [1.29, 1.82) is 0 Å². The van der Waals surface area contributed by atoms with Gasteiger partial charge in [0.2, 0.25) is 0 Å². The zero-order chi connectivity index (χ0) is 20.5. The molecule has 1 fully saturated rings. The molecule has 2 atom stereocenters. The number of halogens is 1. The number of rotatable bonds is 6. The van der Waals surface area contributed by atoms with Crippen LogP contribution in [0.4, 0.5) is 4.39 Å². The monoisotopic (exact) mass is 406 g/mol. The molecular weight excluding hydrogens is 387 g/mol. The minimum absolute atomic E-state index is 0.177. The van der Waals surface area contributed by atoms with Gasteiger partial charge in [0.05, 0.1) is 5.56 Å². The molecule has 2 aliphatic rings. The zero-order valence-corrected chi connectivity index (χ0v) is 16.0. The highest BCUT2D eigenvalue weighted by Crippen LogP contribution is 2.44. The molecule has 6 heteroatoms. The molecule has 5 rings (SSSR count). The Morgan fingerprint density at radius 2 is 1.77 bits per heavy atom. The first-order chi connectivity index (χ1) is 14.7. The third-order valence-corrected chi connectivity index (χ3v) is 5.09. The summed E-state index contributed by atoms with van der Waals surface area (Å²) in [6.45, 7) is 1.28. The molecule has 0 N–H and O–H groups in total. The third kappa shape index (κ3) is 3.74. The molecule has 0 aliphatic carbocycles. The number of epoxide rings is 1. The van der Waals surface area contributed by atoms with Gasteiger partial charge in [0.25, 0.3) is 0 Å². The number of Topliss-reactive ketones (excluding diaryl/α,β-unsaturated/α-hetero) is 1. The minimum atomic E-state index is -0.687. The van der Waals surface area contributed by atoms with Crippen molar-refractivity contribution >= 4 is 5.78 Å². The van der Waals surface area contributed by atoms with Crippen molar-refractivity contribution in [2.45, 2.75) is 18.8 Å². The van der Waals surface area contributed by atoms with E-state index in [0.29, 0.717) is 30.5 Å². The fraction of sp³-hybridized carbons (Fsp3) is 0.208. The first kappa shape index (κ1) is 18.6.